The van der Waals surface area contributed by atoms with Gasteiger partial charge in [0.15, 0.2) is 0 Å². The van der Waals surface area contributed by atoms with Gasteiger partial charge in [0.1, 0.15) is 0 Å². The molecule has 1 amide bonds. The molecule has 1 aromatic rings. The minimum atomic E-state index is 0.338. The quantitative estimate of drug-likeness (QED) is 0.897. The van der Waals surface area contributed by atoms with Crippen molar-refractivity contribution in [3.8, 4) is 0 Å². The lowest BCUT2D eigenvalue weighted by Gasteiger charge is -2.35. The summed E-state index contributed by atoms with van der Waals surface area (Å²) in [6.45, 7) is 3.93. The number of carbonyl (C=O) groups is 1. The third-order valence-corrected chi connectivity index (χ3v) is 4.62. The van der Waals surface area contributed by atoms with Crippen LogP contribution < -0.4 is 5.32 Å². The number of likely N-dealkylation sites (tertiary alicyclic amines) is 1. The van der Waals surface area contributed by atoms with Crippen molar-refractivity contribution in [2.24, 2.45) is 0 Å². The Balaban J connectivity index is 1.81. The van der Waals surface area contributed by atoms with Crippen LogP contribution in [0.5, 0.6) is 0 Å². The highest BCUT2D eigenvalue weighted by Gasteiger charge is 2.35. The van der Waals surface area contributed by atoms with Crippen molar-refractivity contribution in [2.45, 2.75) is 57.7 Å². The molecule has 2 aliphatic heterocycles. The third kappa shape index (κ3) is 2.88. The number of rotatable bonds is 2. The van der Waals surface area contributed by atoms with E-state index in [1.807, 2.05) is 0 Å². The summed E-state index contributed by atoms with van der Waals surface area (Å²) in [5, 5.41) is 3.58. The Morgan fingerprint density at radius 2 is 2.20 bits per heavy atom. The lowest BCUT2D eigenvalue weighted by Crippen LogP contribution is -2.47. The monoisotopic (exact) mass is 272 g/mol. The maximum atomic E-state index is 12.5. The number of hydrogen-bond acceptors (Lipinski definition) is 2. The van der Waals surface area contributed by atoms with E-state index in [1.54, 1.807) is 0 Å². The molecule has 1 aromatic carbocycles. The number of fused-ring (bicyclic) bond motifs is 1. The number of benzene rings is 1. The topological polar surface area (TPSA) is 32.3 Å². The summed E-state index contributed by atoms with van der Waals surface area (Å²) >= 11 is 0. The summed E-state index contributed by atoms with van der Waals surface area (Å²) < 4.78 is 0. The van der Waals surface area contributed by atoms with Crippen molar-refractivity contribution in [2.75, 3.05) is 6.54 Å². The molecule has 2 atom stereocenters. The van der Waals surface area contributed by atoms with Crippen LogP contribution in [0.25, 0.3) is 0 Å². The molecule has 2 heterocycles. The van der Waals surface area contributed by atoms with Gasteiger partial charge in [-0.15, -0.1) is 0 Å². The first-order valence-electron chi connectivity index (χ1n) is 7.82. The second kappa shape index (κ2) is 5.96. The summed E-state index contributed by atoms with van der Waals surface area (Å²) in [5.74, 6) is 0.338. The second-order valence-electron chi connectivity index (χ2n) is 6.17. The predicted molar refractivity (Wildman–Crippen MR) is 80.4 cm³/mol. The van der Waals surface area contributed by atoms with E-state index in [9.17, 15) is 4.79 Å². The van der Waals surface area contributed by atoms with Crippen LogP contribution in [0.3, 0.4) is 0 Å². The average molecular weight is 272 g/mol. The van der Waals surface area contributed by atoms with Crippen molar-refractivity contribution in [1.29, 1.82) is 0 Å². The van der Waals surface area contributed by atoms with Gasteiger partial charge in [0.2, 0.25) is 5.91 Å². The fourth-order valence-electron chi connectivity index (χ4n) is 3.60. The molecule has 0 aromatic heterocycles. The summed E-state index contributed by atoms with van der Waals surface area (Å²) in [4.78, 5) is 14.6. The van der Waals surface area contributed by atoms with E-state index < -0.39 is 0 Å². The zero-order valence-electron chi connectivity index (χ0n) is 12.3. The molecule has 0 saturated carbocycles. The molecule has 0 spiro atoms. The number of hydrogen-bond donors (Lipinski definition) is 1. The van der Waals surface area contributed by atoms with Gasteiger partial charge >= 0.3 is 0 Å². The Morgan fingerprint density at radius 1 is 1.30 bits per heavy atom. The SMILES string of the molecule is Cc1cccc(CN2C(=O)CCCCC3NCCC32)c1. The summed E-state index contributed by atoms with van der Waals surface area (Å²) in [5.41, 5.74) is 2.52. The minimum Gasteiger partial charge on any atom is -0.334 e. The van der Waals surface area contributed by atoms with Gasteiger partial charge in [-0.3, -0.25) is 4.79 Å². The Morgan fingerprint density at radius 3 is 3.05 bits per heavy atom. The first-order chi connectivity index (χ1) is 9.74. The Bertz CT molecular complexity index is 486. The van der Waals surface area contributed by atoms with Gasteiger partial charge in [-0.1, -0.05) is 36.2 Å². The van der Waals surface area contributed by atoms with Crippen LogP contribution in [-0.4, -0.2) is 29.4 Å². The maximum Gasteiger partial charge on any atom is 0.223 e. The van der Waals surface area contributed by atoms with E-state index in [4.69, 9.17) is 0 Å². The molecule has 2 saturated heterocycles. The van der Waals surface area contributed by atoms with E-state index in [0.717, 1.165) is 32.4 Å². The fourth-order valence-corrected chi connectivity index (χ4v) is 3.60. The number of nitrogens with zero attached hydrogens (tertiary/aromatic N) is 1. The number of amides is 1. The van der Waals surface area contributed by atoms with Gasteiger partial charge in [0.25, 0.3) is 0 Å². The molecule has 2 unspecified atom stereocenters. The summed E-state index contributed by atoms with van der Waals surface area (Å²) in [7, 11) is 0. The molecule has 0 radical (unpaired) electrons. The van der Waals surface area contributed by atoms with Crippen LogP contribution in [0.2, 0.25) is 0 Å². The molecule has 0 aliphatic carbocycles. The zero-order chi connectivity index (χ0) is 13.9. The van der Waals surface area contributed by atoms with Crippen molar-refractivity contribution >= 4 is 5.91 Å². The Hall–Kier alpha value is -1.35. The fraction of sp³-hybridized carbons (Fsp3) is 0.588. The number of nitrogens with one attached hydrogen (secondary N) is 1. The van der Waals surface area contributed by atoms with E-state index >= 15 is 0 Å². The van der Waals surface area contributed by atoms with Crippen molar-refractivity contribution in [3.05, 3.63) is 35.4 Å². The standard InChI is InChI=1S/C17H24N2O/c1-13-5-4-6-14(11-13)12-19-16-9-10-18-15(16)7-2-3-8-17(19)20/h4-6,11,15-16,18H,2-3,7-10,12H2,1H3. The van der Waals surface area contributed by atoms with Crippen LogP contribution in [0.15, 0.2) is 24.3 Å². The molecule has 20 heavy (non-hydrogen) atoms. The van der Waals surface area contributed by atoms with Crippen LogP contribution in [0, 0.1) is 6.92 Å². The molecule has 1 N–H and O–H groups in total. The lowest BCUT2D eigenvalue weighted by atomic mass is 9.96. The number of carbonyl (C=O) groups excluding carboxylic acids is 1. The van der Waals surface area contributed by atoms with E-state index in [1.165, 1.54) is 24.0 Å². The second-order valence-corrected chi connectivity index (χ2v) is 6.17. The first kappa shape index (κ1) is 13.6. The van der Waals surface area contributed by atoms with Crippen molar-refractivity contribution in [1.82, 2.24) is 10.2 Å². The lowest BCUT2D eigenvalue weighted by molar-refractivity contribution is -0.135. The molecule has 2 aliphatic rings. The Labute approximate surface area is 121 Å². The van der Waals surface area contributed by atoms with Crippen LogP contribution >= 0.6 is 0 Å². The predicted octanol–water partition coefficient (Wildman–Crippen LogP) is 2.63. The van der Waals surface area contributed by atoms with Crippen LogP contribution in [-0.2, 0) is 11.3 Å². The van der Waals surface area contributed by atoms with Gasteiger partial charge in [-0.25, -0.2) is 0 Å². The van der Waals surface area contributed by atoms with E-state index in [2.05, 4.69) is 41.4 Å². The maximum absolute atomic E-state index is 12.5. The molecule has 108 valence electrons. The van der Waals surface area contributed by atoms with Crippen molar-refractivity contribution < 1.29 is 4.79 Å². The van der Waals surface area contributed by atoms with Gasteiger partial charge in [-0.05, 0) is 38.3 Å². The van der Waals surface area contributed by atoms with E-state index in [-0.39, 0.29) is 0 Å². The Kier molecular flexibility index (Phi) is 4.06. The molecule has 0 bridgehead atoms. The van der Waals surface area contributed by atoms with E-state index in [0.29, 0.717) is 18.0 Å². The molecule has 2 fully saturated rings. The van der Waals surface area contributed by atoms with Crippen LogP contribution in [0.1, 0.15) is 43.2 Å². The smallest absolute Gasteiger partial charge is 0.223 e. The third-order valence-electron chi connectivity index (χ3n) is 4.62. The van der Waals surface area contributed by atoms with Gasteiger partial charge in [0.05, 0.1) is 0 Å². The molecular weight excluding hydrogens is 248 g/mol. The molecule has 3 heteroatoms. The highest BCUT2D eigenvalue weighted by Crippen LogP contribution is 2.25. The van der Waals surface area contributed by atoms with Gasteiger partial charge in [0, 0.05) is 25.0 Å². The highest BCUT2D eigenvalue weighted by molar-refractivity contribution is 5.76. The van der Waals surface area contributed by atoms with Gasteiger partial charge in [-0.2, -0.15) is 0 Å². The average Bonchev–Trinajstić information content (AvgIpc) is 2.87. The normalized spacial score (nSPS) is 27.1. The molecule has 3 nitrogen and oxygen atoms in total. The highest BCUT2D eigenvalue weighted by atomic mass is 16.2. The largest absolute Gasteiger partial charge is 0.334 e. The van der Waals surface area contributed by atoms with Gasteiger partial charge < -0.3 is 10.2 Å². The number of aryl methyl sites for hydroxylation is 1. The molecular formula is C17H24N2O. The van der Waals surface area contributed by atoms with Crippen LogP contribution in [0.4, 0.5) is 0 Å². The first-order valence-corrected chi connectivity index (χ1v) is 7.82. The zero-order valence-corrected chi connectivity index (χ0v) is 12.3. The van der Waals surface area contributed by atoms with Crippen molar-refractivity contribution in [3.63, 3.8) is 0 Å². The molecule has 3 rings (SSSR count). The summed E-state index contributed by atoms with van der Waals surface area (Å²) in [6, 6.07) is 9.43. The minimum absolute atomic E-state index is 0.338. The summed E-state index contributed by atoms with van der Waals surface area (Å²) in [6.07, 6.45) is 5.24.